The second-order valence-corrected chi connectivity index (χ2v) is 4.43. The number of carbonyl (C=O) groups is 1. The van der Waals surface area contributed by atoms with Gasteiger partial charge in [-0.1, -0.05) is 30.3 Å². The Kier molecular flexibility index (Phi) is 4.45. The van der Waals surface area contributed by atoms with Crippen LogP contribution in [0, 0.1) is 0 Å². The summed E-state index contributed by atoms with van der Waals surface area (Å²) in [4.78, 5) is 10.7. The van der Waals surface area contributed by atoms with Crippen molar-refractivity contribution < 1.29 is 24.5 Å². The van der Waals surface area contributed by atoms with Gasteiger partial charge in [0.15, 0.2) is 17.6 Å². The van der Waals surface area contributed by atoms with Crippen LogP contribution in [-0.2, 0) is 4.79 Å². The monoisotopic (exact) mass is 288 g/mol. The topological polar surface area (TPSA) is 76.0 Å². The number of aliphatic carboxylic acids is 1. The lowest BCUT2D eigenvalue weighted by Gasteiger charge is -2.11. The minimum Gasteiger partial charge on any atom is -0.493 e. The molecule has 0 spiro atoms. The van der Waals surface area contributed by atoms with E-state index < -0.39 is 12.1 Å². The van der Waals surface area contributed by atoms with Crippen LogP contribution in [0.25, 0.3) is 11.1 Å². The number of rotatable bonds is 5. The van der Waals surface area contributed by atoms with Crippen molar-refractivity contribution in [1.29, 1.82) is 0 Å². The lowest BCUT2D eigenvalue weighted by molar-refractivity contribution is -0.146. The molecular formula is C16H16O5. The van der Waals surface area contributed by atoms with E-state index in [4.69, 9.17) is 14.6 Å². The lowest BCUT2D eigenvalue weighted by Crippen LogP contribution is -2.10. The molecule has 0 fully saturated rings. The second kappa shape index (κ2) is 6.28. The molecule has 5 heteroatoms. The number of carboxylic acids is 1. The predicted molar refractivity (Wildman–Crippen MR) is 77.6 cm³/mol. The molecule has 1 unspecified atom stereocenters. The van der Waals surface area contributed by atoms with Crippen molar-refractivity contribution in [3.63, 3.8) is 0 Å². The molecule has 2 N–H and O–H groups in total. The second-order valence-electron chi connectivity index (χ2n) is 4.43. The summed E-state index contributed by atoms with van der Waals surface area (Å²) >= 11 is 0. The third-order valence-electron chi connectivity index (χ3n) is 3.18. The van der Waals surface area contributed by atoms with E-state index in [0.29, 0.717) is 17.1 Å². The summed E-state index contributed by atoms with van der Waals surface area (Å²) in [6, 6.07) is 12.2. The van der Waals surface area contributed by atoms with E-state index >= 15 is 0 Å². The lowest BCUT2D eigenvalue weighted by atomic mass is 10.0. The van der Waals surface area contributed by atoms with Gasteiger partial charge >= 0.3 is 5.97 Å². The van der Waals surface area contributed by atoms with Crippen LogP contribution in [0.2, 0.25) is 0 Å². The Morgan fingerprint density at radius 2 is 1.52 bits per heavy atom. The Balaban J connectivity index is 2.32. The number of carboxylic acid groups (broad SMARTS) is 1. The van der Waals surface area contributed by atoms with Gasteiger partial charge in [0.05, 0.1) is 14.2 Å². The first-order valence-electron chi connectivity index (χ1n) is 6.30. The van der Waals surface area contributed by atoms with Crippen LogP contribution in [-0.4, -0.2) is 30.4 Å². The van der Waals surface area contributed by atoms with Crippen molar-refractivity contribution in [1.82, 2.24) is 0 Å². The summed E-state index contributed by atoms with van der Waals surface area (Å²) in [5, 5.41) is 18.2. The van der Waals surface area contributed by atoms with Crippen molar-refractivity contribution in [2.75, 3.05) is 14.2 Å². The van der Waals surface area contributed by atoms with Gasteiger partial charge < -0.3 is 19.7 Å². The molecular weight excluding hydrogens is 272 g/mol. The molecule has 0 aliphatic rings. The van der Waals surface area contributed by atoms with E-state index in [1.807, 2.05) is 12.1 Å². The minimum absolute atomic E-state index is 0.340. The van der Waals surface area contributed by atoms with Crippen LogP contribution in [0.5, 0.6) is 11.5 Å². The fraction of sp³-hybridized carbons (Fsp3) is 0.188. The standard InChI is InChI=1S/C16H16O5/c1-20-13-8-7-12(9-14(13)21-2)10-3-5-11(6-4-10)15(17)16(18)19/h3-9,15,17H,1-2H3,(H,18,19). The minimum atomic E-state index is -1.51. The number of aliphatic hydroxyl groups is 1. The molecule has 1 atom stereocenters. The average Bonchev–Trinajstić information content (AvgIpc) is 2.53. The maximum absolute atomic E-state index is 10.7. The van der Waals surface area contributed by atoms with Gasteiger partial charge in [-0.25, -0.2) is 4.79 Å². The van der Waals surface area contributed by atoms with Gasteiger partial charge in [0.2, 0.25) is 0 Å². The zero-order chi connectivity index (χ0) is 15.4. The Bertz CT molecular complexity index is 634. The van der Waals surface area contributed by atoms with Crippen LogP contribution in [0.3, 0.4) is 0 Å². The molecule has 0 bridgehead atoms. The number of aliphatic hydroxyl groups excluding tert-OH is 1. The predicted octanol–water partition coefficient (Wildman–Crippen LogP) is 2.49. The SMILES string of the molecule is COc1ccc(-c2ccc(C(O)C(=O)O)cc2)cc1OC. The Morgan fingerprint density at radius 3 is 2.05 bits per heavy atom. The van der Waals surface area contributed by atoms with Crippen LogP contribution in [0.4, 0.5) is 0 Å². The summed E-state index contributed by atoms with van der Waals surface area (Å²) in [6.07, 6.45) is -1.51. The number of hydrogen-bond donors (Lipinski definition) is 2. The highest BCUT2D eigenvalue weighted by atomic mass is 16.5. The van der Waals surface area contributed by atoms with E-state index in [1.54, 1.807) is 44.6 Å². The van der Waals surface area contributed by atoms with Crippen LogP contribution < -0.4 is 9.47 Å². The number of hydrogen-bond acceptors (Lipinski definition) is 4. The maximum Gasteiger partial charge on any atom is 0.337 e. The van der Waals surface area contributed by atoms with Crippen LogP contribution in [0.1, 0.15) is 11.7 Å². The van der Waals surface area contributed by atoms with Crippen LogP contribution >= 0.6 is 0 Å². The molecule has 5 nitrogen and oxygen atoms in total. The molecule has 0 amide bonds. The summed E-state index contributed by atoms with van der Waals surface area (Å²) in [5.41, 5.74) is 2.13. The third-order valence-corrected chi connectivity index (χ3v) is 3.18. The molecule has 0 aromatic heterocycles. The van der Waals surface area contributed by atoms with Gasteiger partial charge in [-0.15, -0.1) is 0 Å². The van der Waals surface area contributed by atoms with E-state index in [2.05, 4.69) is 0 Å². The van der Waals surface area contributed by atoms with Gasteiger partial charge in [-0.05, 0) is 28.8 Å². The first-order chi connectivity index (χ1) is 10.1. The molecule has 2 aromatic rings. The maximum atomic E-state index is 10.7. The normalized spacial score (nSPS) is 11.8. The molecule has 2 rings (SSSR count). The fourth-order valence-corrected chi connectivity index (χ4v) is 2.02. The molecule has 0 radical (unpaired) electrons. The van der Waals surface area contributed by atoms with Crippen molar-refractivity contribution in [2.45, 2.75) is 6.10 Å². The van der Waals surface area contributed by atoms with Crippen molar-refractivity contribution in [3.8, 4) is 22.6 Å². The van der Waals surface area contributed by atoms with Gasteiger partial charge in [0.25, 0.3) is 0 Å². The van der Waals surface area contributed by atoms with Crippen molar-refractivity contribution >= 4 is 5.97 Å². The van der Waals surface area contributed by atoms with E-state index in [0.717, 1.165) is 11.1 Å². The van der Waals surface area contributed by atoms with E-state index in [-0.39, 0.29) is 0 Å². The van der Waals surface area contributed by atoms with Gasteiger partial charge in [-0.3, -0.25) is 0 Å². The van der Waals surface area contributed by atoms with Crippen LogP contribution in [0.15, 0.2) is 42.5 Å². The molecule has 2 aromatic carbocycles. The van der Waals surface area contributed by atoms with Crippen molar-refractivity contribution in [3.05, 3.63) is 48.0 Å². The first kappa shape index (κ1) is 14.9. The molecule has 0 heterocycles. The Labute approximate surface area is 122 Å². The summed E-state index contributed by atoms with van der Waals surface area (Å²) in [5.74, 6) is -0.0160. The van der Waals surface area contributed by atoms with E-state index in [9.17, 15) is 9.90 Å². The summed E-state index contributed by atoms with van der Waals surface area (Å²) in [7, 11) is 3.13. The Morgan fingerprint density at radius 1 is 0.952 bits per heavy atom. The first-order valence-corrected chi connectivity index (χ1v) is 6.30. The van der Waals surface area contributed by atoms with Gasteiger partial charge in [0, 0.05) is 0 Å². The highest BCUT2D eigenvalue weighted by Gasteiger charge is 2.15. The van der Waals surface area contributed by atoms with Crippen molar-refractivity contribution in [2.24, 2.45) is 0 Å². The fourth-order valence-electron chi connectivity index (χ4n) is 2.02. The summed E-state index contributed by atoms with van der Waals surface area (Å²) in [6.45, 7) is 0. The quantitative estimate of drug-likeness (QED) is 0.884. The molecule has 0 saturated heterocycles. The van der Waals surface area contributed by atoms with Gasteiger partial charge in [-0.2, -0.15) is 0 Å². The molecule has 0 aliphatic heterocycles. The van der Waals surface area contributed by atoms with E-state index in [1.165, 1.54) is 0 Å². The van der Waals surface area contributed by atoms with Gasteiger partial charge in [0.1, 0.15) is 0 Å². The zero-order valence-electron chi connectivity index (χ0n) is 11.7. The number of methoxy groups -OCH3 is 2. The molecule has 0 saturated carbocycles. The zero-order valence-corrected chi connectivity index (χ0v) is 11.7. The molecule has 0 aliphatic carbocycles. The number of benzene rings is 2. The third kappa shape index (κ3) is 3.14. The molecule has 21 heavy (non-hydrogen) atoms. The largest absolute Gasteiger partial charge is 0.493 e. The molecule has 110 valence electrons. The Hall–Kier alpha value is -2.53. The highest BCUT2D eigenvalue weighted by molar-refractivity contribution is 5.75. The smallest absolute Gasteiger partial charge is 0.337 e. The summed E-state index contributed by atoms with van der Waals surface area (Å²) < 4.78 is 10.4. The average molecular weight is 288 g/mol. The number of ether oxygens (including phenoxy) is 2. The highest BCUT2D eigenvalue weighted by Crippen LogP contribution is 2.32.